The summed E-state index contributed by atoms with van der Waals surface area (Å²) in [6.07, 6.45) is 0. The van der Waals surface area contributed by atoms with Gasteiger partial charge in [-0.3, -0.25) is 0 Å². The molecule has 0 aliphatic heterocycles. The average molecular weight is 259 g/mol. The number of ether oxygens (including phenoxy) is 1. The molecule has 0 unspecified atom stereocenters. The summed E-state index contributed by atoms with van der Waals surface area (Å²) in [4.78, 5) is 0. The van der Waals surface area contributed by atoms with Crippen LogP contribution in [0.4, 0.5) is 17.6 Å². The monoisotopic (exact) mass is 258 g/mol. The SMILES string of the molecule is OCC(F)(F)c1ccc(OC(F)F)c(Cl)c1. The number of alkyl halides is 4. The minimum atomic E-state index is -3.47. The van der Waals surface area contributed by atoms with Crippen LogP contribution in [0.2, 0.25) is 5.02 Å². The molecular weight excluding hydrogens is 252 g/mol. The Labute approximate surface area is 93.4 Å². The fourth-order valence-electron chi connectivity index (χ4n) is 1.01. The third kappa shape index (κ3) is 2.99. The van der Waals surface area contributed by atoms with Gasteiger partial charge in [-0.2, -0.15) is 17.6 Å². The molecule has 1 rings (SSSR count). The molecule has 0 saturated heterocycles. The number of benzene rings is 1. The lowest BCUT2D eigenvalue weighted by Crippen LogP contribution is -2.18. The quantitative estimate of drug-likeness (QED) is 0.841. The average Bonchev–Trinajstić information content (AvgIpc) is 2.20. The van der Waals surface area contributed by atoms with Gasteiger partial charge in [0.05, 0.1) is 5.02 Å². The van der Waals surface area contributed by atoms with Crippen molar-refractivity contribution >= 4 is 11.6 Å². The van der Waals surface area contributed by atoms with Gasteiger partial charge in [0.15, 0.2) is 0 Å². The summed E-state index contributed by atoms with van der Waals surface area (Å²) < 4.78 is 53.6. The van der Waals surface area contributed by atoms with Gasteiger partial charge in [-0.1, -0.05) is 11.6 Å². The van der Waals surface area contributed by atoms with E-state index in [0.717, 1.165) is 18.2 Å². The largest absolute Gasteiger partial charge is 0.433 e. The van der Waals surface area contributed by atoms with Crippen LogP contribution in [0.5, 0.6) is 5.75 Å². The maximum absolute atomic E-state index is 13.0. The van der Waals surface area contributed by atoms with Crippen LogP contribution in [-0.2, 0) is 5.92 Å². The molecule has 0 aliphatic carbocycles. The van der Waals surface area contributed by atoms with Crippen molar-refractivity contribution in [2.45, 2.75) is 12.5 Å². The topological polar surface area (TPSA) is 29.5 Å². The molecule has 0 amide bonds. The van der Waals surface area contributed by atoms with Crippen LogP contribution in [0.3, 0.4) is 0 Å². The van der Waals surface area contributed by atoms with Gasteiger partial charge in [0.25, 0.3) is 5.92 Å². The molecule has 0 saturated carbocycles. The van der Waals surface area contributed by atoms with Crippen molar-refractivity contribution in [1.82, 2.24) is 0 Å². The maximum Gasteiger partial charge on any atom is 0.387 e. The van der Waals surface area contributed by atoms with Crippen LogP contribution in [0.1, 0.15) is 5.56 Å². The van der Waals surface area contributed by atoms with Crippen LogP contribution >= 0.6 is 11.6 Å². The number of aliphatic hydroxyl groups is 1. The summed E-state index contributed by atoms with van der Waals surface area (Å²) >= 11 is 5.46. The Kier molecular flexibility index (Phi) is 3.98. The van der Waals surface area contributed by atoms with Gasteiger partial charge in [-0.05, 0) is 18.2 Å². The molecule has 16 heavy (non-hydrogen) atoms. The fraction of sp³-hybridized carbons (Fsp3) is 0.333. The van der Waals surface area contributed by atoms with Crippen molar-refractivity contribution in [3.8, 4) is 5.75 Å². The summed E-state index contributed by atoms with van der Waals surface area (Å²) in [6.45, 7) is -4.47. The normalized spacial score (nSPS) is 11.9. The van der Waals surface area contributed by atoms with Crippen molar-refractivity contribution in [3.63, 3.8) is 0 Å². The summed E-state index contributed by atoms with van der Waals surface area (Å²) in [6, 6.07) is 2.53. The molecule has 1 N–H and O–H groups in total. The van der Waals surface area contributed by atoms with E-state index in [1.807, 2.05) is 0 Å². The molecule has 1 aromatic rings. The molecule has 7 heteroatoms. The smallest absolute Gasteiger partial charge is 0.387 e. The Hall–Kier alpha value is -1.01. The fourth-order valence-corrected chi connectivity index (χ4v) is 1.24. The van der Waals surface area contributed by atoms with E-state index < -0.39 is 30.5 Å². The lowest BCUT2D eigenvalue weighted by atomic mass is 10.1. The zero-order valence-electron chi connectivity index (χ0n) is 7.76. The van der Waals surface area contributed by atoms with Crippen molar-refractivity contribution in [2.24, 2.45) is 0 Å². The Morgan fingerprint density at radius 3 is 2.44 bits per heavy atom. The van der Waals surface area contributed by atoms with Crippen LogP contribution in [0.15, 0.2) is 18.2 Å². The number of rotatable bonds is 4. The number of hydrogen-bond donors (Lipinski definition) is 1. The Morgan fingerprint density at radius 2 is 2.00 bits per heavy atom. The van der Waals surface area contributed by atoms with Crippen molar-refractivity contribution < 1.29 is 27.4 Å². The highest BCUT2D eigenvalue weighted by Gasteiger charge is 2.31. The molecular formula is C9H7ClF4O2. The molecule has 90 valence electrons. The highest BCUT2D eigenvalue weighted by Crippen LogP contribution is 2.33. The summed E-state index contributed by atoms with van der Waals surface area (Å²) in [5, 5.41) is 8.04. The minimum Gasteiger partial charge on any atom is -0.433 e. The first-order valence-electron chi connectivity index (χ1n) is 4.10. The maximum atomic E-state index is 13.0. The van der Waals surface area contributed by atoms with Gasteiger partial charge in [0.1, 0.15) is 12.4 Å². The Balaban J connectivity index is 2.99. The molecule has 2 nitrogen and oxygen atoms in total. The van der Waals surface area contributed by atoms with E-state index in [1.165, 1.54) is 0 Å². The zero-order valence-corrected chi connectivity index (χ0v) is 8.52. The highest BCUT2D eigenvalue weighted by atomic mass is 35.5. The van der Waals surface area contributed by atoms with Crippen LogP contribution in [0.25, 0.3) is 0 Å². The first-order chi connectivity index (χ1) is 7.36. The molecule has 0 spiro atoms. The molecule has 1 aromatic carbocycles. The van der Waals surface area contributed by atoms with Gasteiger partial charge in [0.2, 0.25) is 0 Å². The standard InChI is InChI=1S/C9H7ClF4O2/c10-6-3-5(9(13,14)4-15)1-2-7(6)16-8(11)12/h1-3,8,15H,4H2. The van der Waals surface area contributed by atoms with Crippen molar-refractivity contribution in [3.05, 3.63) is 28.8 Å². The van der Waals surface area contributed by atoms with Gasteiger partial charge >= 0.3 is 6.61 Å². The van der Waals surface area contributed by atoms with Gasteiger partial charge in [-0.15, -0.1) is 0 Å². The van der Waals surface area contributed by atoms with E-state index in [4.69, 9.17) is 16.7 Å². The second-order valence-corrected chi connectivity index (χ2v) is 3.29. The van der Waals surface area contributed by atoms with Crippen LogP contribution < -0.4 is 4.74 Å². The third-order valence-electron chi connectivity index (χ3n) is 1.77. The Bertz CT molecular complexity index is 371. The number of aliphatic hydroxyl groups excluding tert-OH is 1. The molecule has 0 fully saturated rings. The number of hydrogen-bond acceptors (Lipinski definition) is 2. The molecule has 0 bridgehead atoms. The molecule has 0 radical (unpaired) electrons. The van der Waals surface area contributed by atoms with Crippen molar-refractivity contribution in [2.75, 3.05) is 6.61 Å². The predicted molar refractivity (Wildman–Crippen MR) is 49.1 cm³/mol. The van der Waals surface area contributed by atoms with E-state index in [2.05, 4.69) is 4.74 Å². The van der Waals surface area contributed by atoms with Crippen LogP contribution in [-0.4, -0.2) is 18.3 Å². The predicted octanol–water partition coefficient (Wildman–Crippen LogP) is 3.03. The molecule has 0 aromatic heterocycles. The summed E-state index contributed by atoms with van der Waals surface area (Å²) in [5.41, 5.74) is -0.568. The summed E-state index contributed by atoms with van der Waals surface area (Å²) in [7, 11) is 0. The second kappa shape index (κ2) is 4.88. The van der Waals surface area contributed by atoms with Crippen molar-refractivity contribution in [1.29, 1.82) is 0 Å². The second-order valence-electron chi connectivity index (χ2n) is 2.89. The van der Waals surface area contributed by atoms with E-state index in [1.54, 1.807) is 0 Å². The number of halogens is 5. The zero-order chi connectivity index (χ0) is 12.3. The first-order valence-corrected chi connectivity index (χ1v) is 4.48. The summed E-state index contributed by atoms with van der Waals surface area (Å²) in [5.74, 6) is -3.86. The van der Waals surface area contributed by atoms with Gasteiger partial charge in [0, 0.05) is 5.56 Å². The van der Waals surface area contributed by atoms with Gasteiger partial charge < -0.3 is 9.84 Å². The van der Waals surface area contributed by atoms with Gasteiger partial charge in [-0.25, -0.2) is 0 Å². The Morgan fingerprint density at radius 1 is 1.38 bits per heavy atom. The van der Waals surface area contributed by atoms with E-state index in [9.17, 15) is 17.6 Å². The molecule has 0 aliphatic rings. The minimum absolute atomic E-state index is 0.370. The van der Waals surface area contributed by atoms with E-state index in [-0.39, 0.29) is 5.02 Å². The third-order valence-corrected chi connectivity index (χ3v) is 2.06. The first kappa shape index (κ1) is 13.1. The van der Waals surface area contributed by atoms with E-state index >= 15 is 0 Å². The molecule has 0 atom stereocenters. The lowest BCUT2D eigenvalue weighted by Gasteiger charge is -2.15. The lowest BCUT2D eigenvalue weighted by molar-refractivity contribution is -0.0564. The highest BCUT2D eigenvalue weighted by molar-refractivity contribution is 6.32. The molecule has 0 heterocycles. The van der Waals surface area contributed by atoms with E-state index in [0.29, 0.717) is 0 Å². The van der Waals surface area contributed by atoms with Crippen LogP contribution in [0, 0.1) is 0 Å².